The van der Waals surface area contributed by atoms with Crippen LogP contribution in [0.2, 0.25) is 0 Å². The van der Waals surface area contributed by atoms with Crippen LogP contribution in [0.3, 0.4) is 0 Å². The fourth-order valence-corrected chi connectivity index (χ4v) is 2.56. The van der Waals surface area contributed by atoms with Crippen molar-refractivity contribution in [1.82, 2.24) is 10.2 Å². The van der Waals surface area contributed by atoms with Gasteiger partial charge in [-0.05, 0) is 31.6 Å². The molecule has 0 radical (unpaired) electrons. The predicted octanol–water partition coefficient (Wildman–Crippen LogP) is 1.32. The van der Waals surface area contributed by atoms with E-state index in [0.717, 1.165) is 31.8 Å². The Hall–Kier alpha value is -0.530. The first-order chi connectivity index (χ1) is 8.65. The standard InChI is InChI=1S/C13H24N4O.HI/c1-10-5-7-17(8-6-10)13(14)15-9-11-3-2-4-12(18)16-11;/h10-11H,2-9H2,1H3,(H2,14,15)(H,16,18);1H. The summed E-state index contributed by atoms with van der Waals surface area (Å²) in [5.41, 5.74) is 6.01. The fraction of sp³-hybridized carbons (Fsp3) is 0.846. The van der Waals surface area contributed by atoms with E-state index in [1.165, 1.54) is 12.8 Å². The normalized spacial score (nSPS) is 25.7. The maximum absolute atomic E-state index is 11.3. The lowest BCUT2D eigenvalue weighted by Crippen LogP contribution is -2.44. The van der Waals surface area contributed by atoms with E-state index in [0.29, 0.717) is 18.9 Å². The third-order valence-corrected chi connectivity index (χ3v) is 3.90. The second kappa shape index (κ2) is 7.91. The number of carbonyl (C=O) groups is 1. The summed E-state index contributed by atoms with van der Waals surface area (Å²) < 4.78 is 0. The average Bonchev–Trinajstić information content (AvgIpc) is 2.37. The molecular weight excluding hydrogens is 355 g/mol. The molecule has 0 spiro atoms. The molecule has 1 unspecified atom stereocenters. The number of likely N-dealkylation sites (tertiary alicyclic amines) is 1. The van der Waals surface area contributed by atoms with Gasteiger partial charge in [-0.2, -0.15) is 0 Å². The molecule has 6 heteroatoms. The maximum atomic E-state index is 11.3. The molecule has 3 N–H and O–H groups in total. The van der Waals surface area contributed by atoms with Crippen LogP contribution in [0.15, 0.2) is 4.99 Å². The van der Waals surface area contributed by atoms with E-state index in [1.54, 1.807) is 0 Å². The van der Waals surface area contributed by atoms with Gasteiger partial charge < -0.3 is 16.0 Å². The Labute approximate surface area is 132 Å². The monoisotopic (exact) mass is 380 g/mol. The van der Waals surface area contributed by atoms with Gasteiger partial charge in [0.25, 0.3) is 0 Å². The van der Waals surface area contributed by atoms with Crippen LogP contribution in [0.5, 0.6) is 0 Å². The van der Waals surface area contributed by atoms with Crippen molar-refractivity contribution < 1.29 is 4.79 Å². The molecule has 2 heterocycles. The molecule has 0 bridgehead atoms. The van der Waals surface area contributed by atoms with Gasteiger partial charge in [-0.3, -0.25) is 9.79 Å². The molecule has 1 atom stereocenters. The van der Waals surface area contributed by atoms with Gasteiger partial charge in [0, 0.05) is 25.6 Å². The average molecular weight is 380 g/mol. The summed E-state index contributed by atoms with van der Waals surface area (Å²) in [5.74, 6) is 1.58. The Morgan fingerprint density at radius 1 is 1.42 bits per heavy atom. The lowest BCUT2D eigenvalue weighted by molar-refractivity contribution is -0.123. The molecule has 2 saturated heterocycles. The minimum Gasteiger partial charge on any atom is -0.370 e. The third kappa shape index (κ3) is 5.16. The molecule has 5 nitrogen and oxygen atoms in total. The highest BCUT2D eigenvalue weighted by molar-refractivity contribution is 14.0. The zero-order valence-corrected chi connectivity index (χ0v) is 13.9. The molecule has 0 aromatic rings. The van der Waals surface area contributed by atoms with Crippen LogP contribution in [0.1, 0.15) is 39.0 Å². The molecule has 110 valence electrons. The number of halogens is 1. The summed E-state index contributed by atoms with van der Waals surface area (Å²) in [4.78, 5) is 17.8. The number of nitrogens with two attached hydrogens (primary N) is 1. The molecule has 2 fully saturated rings. The molecule has 0 aliphatic carbocycles. The van der Waals surface area contributed by atoms with Crippen molar-refractivity contribution in [3.63, 3.8) is 0 Å². The van der Waals surface area contributed by atoms with Crippen molar-refractivity contribution in [2.24, 2.45) is 16.6 Å². The number of carbonyl (C=O) groups excluding carboxylic acids is 1. The van der Waals surface area contributed by atoms with Crippen LogP contribution in [0.4, 0.5) is 0 Å². The number of nitrogens with zero attached hydrogens (tertiary/aromatic N) is 2. The topological polar surface area (TPSA) is 70.7 Å². The number of nitrogens with one attached hydrogen (secondary N) is 1. The van der Waals surface area contributed by atoms with Gasteiger partial charge in [0.2, 0.25) is 5.91 Å². The van der Waals surface area contributed by atoms with Crippen molar-refractivity contribution in [3.05, 3.63) is 0 Å². The highest BCUT2D eigenvalue weighted by atomic mass is 127. The highest BCUT2D eigenvalue weighted by Gasteiger charge is 2.19. The SMILES string of the molecule is CC1CCN(C(N)=NCC2CCCC(=O)N2)CC1.I. The predicted molar refractivity (Wildman–Crippen MR) is 87.7 cm³/mol. The summed E-state index contributed by atoms with van der Waals surface area (Å²) in [5, 5.41) is 2.96. The second-order valence-corrected chi connectivity index (χ2v) is 5.53. The Kier molecular flexibility index (Phi) is 6.88. The molecule has 19 heavy (non-hydrogen) atoms. The number of piperidine rings is 2. The van der Waals surface area contributed by atoms with Gasteiger partial charge in [-0.1, -0.05) is 6.92 Å². The summed E-state index contributed by atoms with van der Waals surface area (Å²) >= 11 is 0. The Bertz CT molecular complexity index is 327. The van der Waals surface area contributed by atoms with Crippen LogP contribution >= 0.6 is 24.0 Å². The van der Waals surface area contributed by atoms with Crippen molar-refractivity contribution in [1.29, 1.82) is 0 Å². The first-order valence-electron chi connectivity index (χ1n) is 6.99. The van der Waals surface area contributed by atoms with E-state index >= 15 is 0 Å². The molecule has 2 aliphatic heterocycles. The van der Waals surface area contributed by atoms with E-state index in [4.69, 9.17) is 5.73 Å². The molecule has 2 aliphatic rings. The van der Waals surface area contributed by atoms with Crippen molar-refractivity contribution in [2.75, 3.05) is 19.6 Å². The Morgan fingerprint density at radius 3 is 2.74 bits per heavy atom. The molecule has 0 aromatic heterocycles. The Balaban J connectivity index is 0.00000180. The number of guanidine groups is 1. The van der Waals surface area contributed by atoms with Crippen LogP contribution < -0.4 is 11.1 Å². The highest BCUT2D eigenvalue weighted by Crippen LogP contribution is 2.15. The number of amides is 1. The summed E-state index contributed by atoms with van der Waals surface area (Å²) in [6, 6.07) is 0.175. The van der Waals surface area contributed by atoms with Gasteiger partial charge in [0.15, 0.2) is 5.96 Å². The number of rotatable bonds is 2. The number of hydrogen-bond donors (Lipinski definition) is 2. The smallest absolute Gasteiger partial charge is 0.220 e. The molecular formula is C13H25IN4O. The van der Waals surface area contributed by atoms with Gasteiger partial charge in [0.05, 0.1) is 6.54 Å². The van der Waals surface area contributed by atoms with Crippen molar-refractivity contribution in [2.45, 2.75) is 45.1 Å². The summed E-state index contributed by atoms with van der Waals surface area (Å²) in [6.07, 6.45) is 5.01. The molecule has 2 rings (SSSR count). The molecule has 0 aromatic carbocycles. The first-order valence-corrected chi connectivity index (χ1v) is 6.99. The zero-order valence-electron chi connectivity index (χ0n) is 11.6. The summed E-state index contributed by atoms with van der Waals surface area (Å²) in [6.45, 7) is 4.91. The van der Waals surface area contributed by atoms with Crippen LogP contribution in [0, 0.1) is 5.92 Å². The van der Waals surface area contributed by atoms with Gasteiger partial charge in [-0.25, -0.2) is 0 Å². The fourth-order valence-electron chi connectivity index (χ4n) is 2.56. The number of aliphatic imine (C=N–C) groups is 1. The zero-order chi connectivity index (χ0) is 13.0. The lowest BCUT2D eigenvalue weighted by Gasteiger charge is -2.31. The van der Waals surface area contributed by atoms with Crippen LogP contribution in [-0.4, -0.2) is 42.4 Å². The minimum absolute atomic E-state index is 0. The largest absolute Gasteiger partial charge is 0.370 e. The van der Waals surface area contributed by atoms with Gasteiger partial charge >= 0.3 is 0 Å². The van der Waals surface area contributed by atoms with E-state index in [-0.39, 0.29) is 35.9 Å². The third-order valence-electron chi connectivity index (χ3n) is 3.90. The van der Waals surface area contributed by atoms with Crippen molar-refractivity contribution in [3.8, 4) is 0 Å². The molecule has 0 saturated carbocycles. The van der Waals surface area contributed by atoms with Crippen LogP contribution in [0.25, 0.3) is 0 Å². The van der Waals surface area contributed by atoms with Crippen molar-refractivity contribution >= 4 is 35.8 Å². The van der Waals surface area contributed by atoms with E-state index < -0.39 is 0 Å². The maximum Gasteiger partial charge on any atom is 0.220 e. The quantitative estimate of drug-likeness (QED) is 0.431. The lowest BCUT2D eigenvalue weighted by atomic mass is 10.00. The number of hydrogen-bond acceptors (Lipinski definition) is 2. The molecule has 1 amide bonds. The van der Waals surface area contributed by atoms with E-state index in [2.05, 4.69) is 22.1 Å². The van der Waals surface area contributed by atoms with E-state index in [1.807, 2.05) is 0 Å². The summed E-state index contributed by atoms with van der Waals surface area (Å²) in [7, 11) is 0. The second-order valence-electron chi connectivity index (χ2n) is 5.53. The van der Waals surface area contributed by atoms with Gasteiger partial charge in [0.1, 0.15) is 0 Å². The minimum atomic E-state index is 0. The van der Waals surface area contributed by atoms with Crippen LogP contribution in [-0.2, 0) is 4.79 Å². The van der Waals surface area contributed by atoms with E-state index in [9.17, 15) is 4.79 Å². The Morgan fingerprint density at radius 2 is 2.11 bits per heavy atom. The van der Waals surface area contributed by atoms with Gasteiger partial charge in [-0.15, -0.1) is 24.0 Å². The first kappa shape index (κ1) is 16.5.